The summed E-state index contributed by atoms with van der Waals surface area (Å²) in [5, 5.41) is 2.74. The number of rotatable bonds is 5. The van der Waals surface area contributed by atoms with Crippen LogP contribution in [0.25, 0.3) is 0 Å². The highest BCUT2D eigenvalue weighted by atomic mass is 19.3. The minimum Gasteiger partial charge on any atom is -0.435 e. The Hall–Kier alpha value is -2.18. The number of alkyl halides is 2. The van der Waals surface area contributed by atoms with Crippen LogP contribution in [0, 0.1) is 5.92 Å². The third-order valence-corrected chi connectivity index (χ3v) is 4.64. The maximum absolute atomic E-state index is 12.3. The number of nitrogens with one attached hydrogen (secondary N) is 1. The van der Waals surface area contributed by atoms with Gasteiger partial charge in [0.2, 0.25) is 11.8 Å². The highest BCUT2D eigenvalue weighted by Crippen LogP contribution is 2.30. The molecule has 1 saturated carbocycles. The Bertz CT molecular complexity index is 600. The van der Waals surface area contributed by atoms with Gasteiger partial charge in [0, 0.05) is 24.7 Å². The van der Waals surface area contributed by atoms with Crippen LogP contribution in [0.3, 0.4) is 0 Å². The topological polar surface area (TPSA) is 58.6 Å². The molecule has 3 rings (SSSR count). The molecule has 1 saturated heterocycles. The summed E-state index contributed by atoms with van der Waals surface area (Å²) in [4.78, 5) is 26.3. The van der Waals surface area contributed by atoms with Crippen molar-refractivity contribution in [1.82, 2.24) is 4.90 Å². The van der Waals surface area contributed by atoms with Crippen molar-refractivity contribution >= 4 is 17.5 Å². The molecule has 1 aliphatic carbocycles. The predicted molar refractivity (Wildman–Crippen MR) is 83.8 cm³/mol. The predicted octanol–water partition coefficient (Wildman–Crippen LogP) is 3.02. The van der Waals surface area contributed by atoms with Gasteiger partial charge in [-0.15, -0.1) is 0 Å². The Labute approximate surface area is 139 Å². The number of amides is 2. The molecule has 2 fully saturated rings. The SMILES string of the molecule is O=C(Nc1ccc(OC(F)F)cc1)[C@@H]1CC(=O)N(C2CCCC2)C1. The third kappa shape index (κ3) is 3.83. The molecule has 1 aromatic carbocycles. The van der Waals surface area contributed by atoms with Gasteiger partial charge in [0.05, 0.1) is 5.92 Å². The van der Waals surface area contributed by atoms with E-state index in [1.807, 2.05) is 4.90 Å². The Balaban J connectivity index is 1.56. The summed E-state index contributed by atoms with van der Waals surface area (Å²) < 4.78 is 28.5. The average Bonchev–Trinajstić information content (AvgIpc) is 3.17. The Morgan fingerprint density at radius 1 is 1.21 bits per heavy atom. The first kappa shape index (κ1) is 16.7. The largest absolute Gasteiger partial charge is 0.435 e. The van der Waals surface area contributed by atoms with Crippen molar-refractivity contribution in [3.05, 3.63) is 24.3 Å². The van der Waals surface area contributed by atoms with Gasteiger partial charge in [0.15, 0.2) is 0 Å². The molecule has 0 unspecified atom stereocenters. The summed E-state index contributed by atoms with van der Waals surface area (Å²) in [6.45, 7) is -2.42. The number of ether oxygens (including phenoxy) is 1. The molecule has 1 aromatic rings. The Morgan fingerprint density at radius 3 is 2.50 bits per heavy atom. The monoisotopic (exact) mass is 338 g/mol. The fraction of sp³-hybridized carbons (Fsp3) is 0.529. The van der Waals surface area contributed by atoms with Gasteiger partial charge in [-0.05, 0) is 37.1 Å². The fourth-order valence-corrected chi connectivity index (χ4v) is 3.44. The molecule has 0 bridgehead atoms. The number of hydrogen-bond acceptors (Lipinski definition) is 3. The van der Waals surface area contributed by atoms with E-state index in [-0.39, 0.29) is 35.9 Å². The average molecular weight is 338 g/mol. The third-order valence-electron chi connectivity index (χ3n) is 4.64. The van der Waals surface area contributed by atoms with Crippen LogP contribution in [0.15, 0.2) is 24.3 Å². The Morgan fingerprint density at radius 2 is 1.88 bits per heavy atom. The van der Waals surface area contributed by atoms with E-state index < -0.39 is 6.61 Å². The number of carbonyl (C=O) groups is 2. The summed E-state index contributed by atoms with van der Waals surface area (Å²) in [6.07, 6.45) is 4.54. The van der Waals surface area contributed by atoms with E-state index in [9.17, 15) is 18.4 Å². The van der Waals surface area contributed by atoms with Gasteiger partial charge in [0.25, 0.3) is 0 Å². The van der Waals surface area contributed by atoms with E-state index in [0.29, 0.717) is 12.2 Å². The molecule has 5 nitrogen and oxygen atoms in total. The molecule has 1 N–H and O–H groups in total. The number of nitrogens with zero attached hydrogens (tertiary/aromatic N) is 1. The summed E-state index contributed by atoms with van der Waals surface area (Å²) in [5.74, 6) is -0.504. The van der Waals surface area contributed by atoms with Crippen molar-refractivity contribution in [1.29, 1.82) is 0 Å². The number of anilines is 1. The number of halogens is 2. The van der Waals surface area contributed by atoms with Crippen LogP contribution in [-0.2, 0) is 9.59 Å². The van der Waals surface area contributed by atoms with E-state index in [1.165, 1.54) is 24.3 Å². The van der Waals surface area contributed by atoms with E-state index in [2.05, 4.69) is 10.1 Å². The van der Waals surface area contributed by atoms with E-state index in [4.69, 9.17) is 0 Å². The molecule has 2 amide bonds. The van der Waals surface area contributed by atoms with E-state index in [0.717, 1.165) is 25.7 Å². The molecule has 1 atom stereocenters. The zero-order chi connectivity index (χ0) is 17.1. The van der Waals surface area contributed by atoms with Gasteiger partial charge >= 0.3 is 6.61 Å². The van der Waals surface area contributed by atoms with Crippen molar-refractivity contribution in [2.75, 3.05) is 11.9 Å². The molecule has 2 aliphatic rings. The normalized spacial score (nSPS) is 21.5. The molecule has 0 aromatic heterocycles. The van der Waals surface area contributed by atoms with Gasteiger partial charge in [0.1, 0.15) is 5.75 Å². The number of benzene rings is 1. The number of carbonyl (C=O) groups excluding carboxylic acids is 2. The van der Waals surface area contributed by atoms with Crippen LogP contribution >= 0.6 is 0 Å². The van der Waals surface area contributed by atoms with E-state index in [1.54, 1.807) is 0 Å². The first-order valence-corrected chi connectivity index (χ1v) is 8.18. The highest BCUT2D eigenvalue weighted by Gasteiger charge is 2.38. The maximum Gasteiger partial charge on any atom is 0.387 e. The maximum atomic E-state index is 12.3. The van der Waals surface area contributed by atoms with Gasteiger partial charge in [-0.2, -0.15) is 8.78 Å². The number of likely N-dealkylation sites (tertiary alicyclic amines) is 1. The quantitative estimate of drug-likeness (QED) is 0.898. The summed E-state index contributed by atoms with van der Waals surface area (Å²) in [6, 6.07) is 6.02. The second-order valence-electron chi connectivity index (χ2n) is 6.28. The van der Waals surface area contributed by atoms with Gasteiger partial charge in [-0.1, -0.05) is 12.8 Å². The summed E-state index contributed by atoms with van der Waals surface area (Å²) in [7, 11) is 0. The molecule has 1 aliphatic heterocycles. The molecule has 130 valence electrons. The van der Waals surface area contributed by atoms with Crippen LogP contribution in [-0.4, -0.2) is 35.9 Å². The van der Waals surface area contributed by atoms with Crippen LogP contribution in [0.4, 0.5) is 14.5 Å². The molecular weight excluding hydrogens is 318 g/mol. The lowest BCUT2D eigenvalue weighted by Crippen LogP contribution is -2.35. The molecule has 0 radical (unpaired) electrons. The highest BCUT2D eigenvalue weighted by molar-refractivity contribution is 5.97. The first-order chi connectivity index (χ1) is 11.5. The van der Waals surface area contributed by atoms with Crippen LogP contribution < -0.4 is 10.1 Å². The van der Waals surface area contributed by atoms with Crippen molar-refractivity contribution in [3.63, 3.8) is 0 Å². The smallest absolute Gasteiger partial charge is 0.387 e. The zero-order valence-corrected chi connectivity index (χ0v) is 13.2. The second kappa shape index (κ2) is 7.15. The molecule has 7 heteroatoms. The van der Waals surface area contributed by atoms with Crippen molar-refractivity contribution in [2.45, 2.75) is 44.8 Å². The van der Waals surface area contributed by atoms with Crippen LogP contribution in [0.2, 0.25) is 0 Å². The minimum absolute atomic E-state index is 0.0338. The van der Waals surface area contributed by atoms with Crippen molar-refractivity contribution in [2.24, 2.45) is 5.92 Å². The number of hydrogen-bond donors (Lipinski definition) is 1. The lowest BCUT2D eigenvalue weighted by molar-refractivity contribution is -0.129. The summed E-state index contributed by atoms with van der Waals surface area (Å²) in [5.41, 5.74) is 0.494. The lowest BCUT2D eigenvalue weighted by Gasteiger charge is -2.23. The zero-order valence-electron chi connectivity index (χ0n) is 13.2. The van der Waals surface area contributed by atoms with Crippen molar-refractivity contribution < 1.29 is 23.1 Å². The first-order valence-electron chi connectivity index (χ1n) is 8.18. The minimum atomic E-state index is -2.88. The van der Waals surface area contributed by atoms with Gasteiger partial charge < -0.3 is 15.0 Å². The lowest BCUT2D eigenvalue weighted by atomic mass is 10.1. The Kier molecular flexibility index (Phi) is 4.97. The fourth-order valence-electron chi connectivity index (χ4n) is 3.44. The van der Waals surface area contributed by atoms with Gasteiger partial charge in [-0.25, -0.2) is 0 Å². The van der Waals surface area contributed by atoms with Crippen molar-refractivity contribution in [3.8, 4) is 5.75 Å². The van der Waals surface area contributed by atoms with Crippen LogP contribution in [0.1, 0.15) is 32.1 Å². The van der Waals surface area contributed by atoms with Crippen LogP contribution in [0.5, 0.6) is 5.75 Å². The second-order valence-corrected chi connectivity index (χ2v) is 6.28. The van der Waals surface area contributed by atoms with Gasteiger partial charge in [-0.3, -0.25) is 9.59 Å². The van der Waals surface area contributed by atoms with E-state index >= 15 is 0 Å². The molecule has 0 spiro atoms. The molecule has 24 heavy (non-hydrogen) atoms. The summed E-state index contributed by atoms with van der Waals surface area (Å²) >= 11 is 0. The standard InChI is InChI=1S/C17H20F2N2O3/c18-17(19)24-14-7-5-12(6-8-14)20-16(23)11-9-15(22)21(10-11)13-3-1-2-4-13/h5-8,11,13,17H,1-4,9-10H2,(H,20,23)/t11-/m1/s1. The molecular formula is C17H20F2N2O3. The molecule has 1 heterocycles.